The molecule has 28 heavy (non-hydrogen) atoms. The van der Waals surface area contributed by atoms with Gasteiger partial charge in [0.25, 0.3) is 15.9 Å². The SMILES string of the molecule is Cc1cccc(NS(=O)(=O)c2cccc(C(=O)NCc3nc(C)c(C)o3)c2)c1. The van der Waals surface area contributed by atoms with Gasteiger partial charge in [0.15, 0.2) is 0 Å². The predicted octanol–water partition coefficient (Wildman–Crippen LogP) is 3.33. The van der Waals surface area contributed by atoms with E-state index in [4.69, 9.17) is 4.42 Å². The van der Waals surface area contributed by atoms with Crippen LogP contribution in [0.15, 0.2) is 57.8 Å². The maximum Gasteiger partial charge on any atom is 0.261 e. The molecule has 1 heterocycles. The zero-order valence-corrected chi connectivity index (χ0v) is 16.6. The quantitative estimate of drug-likeness (QED) is 0.662. The van der Waals surface area contributed by atoms with Crippen LogP contribution in [-0.4, -0.2) is 19.3 Å². The van der Waals surface area contributed by atoms with Crippen molar-refractivity contribution in [3.05, 3.63) is 77.0 Å². The van der Waals surface area contributed by atoms with E-state index in [1.165, 1.54) is 18.2 Å². The number of rotatable bonds is 6. The zero-order valence-electron chi connectivity index (χ0n) is 15.8. The fraction of sp³-hybridized carbons (Fsp3) is 0.200. The first-order valence-corrected chi connectivity index (χ1v) is 10.1. The largest absolute Gasteiger partial charge is 0.444 e. The monoisotopic (exact) mass is 399 g/mol. The minimum atomic E-state index is -3.82. The molecule has 0 aliphatic heterocycles. The highest BCUT2D eigenvalue weighted by molar-refractivity contribution is 7.92. The lowest BCUT2D eigenvalue weighted by molar-refractivity contribution is 0.0947. The highest BCUT2D eigenvalue weighted by Crippen LogP contribution is 2.18. The summed E-state index contributed by atoms with van der Waals surface area (Å²) in [7, 11) is -3.82. The summed E-state index contributed by atoms with van der Waals surface area (Å²) < 4.78 is 33.2. The first-order chi connectivity index (χ1) is 13.2. The van der Waals surface area contributed by atoms with Crippen molar-refractivity contribution in [1.29, 1.82) is 0 Å². The number of carbonyl (C=O) groups is 1. The van der Waals surface area contributed by atoms with E-state index < -0.39 is 15.9 Å². The molecule has 0 aliphatic rings. The van der Waals surface area contributed by atoms with Crippen molar-refractivity contribution in [3.8, 4) is 0 Å². The summed E-state index contributed by atoms with van der Waals surface area (Å²) in [6, 6.07) is 12.9. The lowest BCUT2D eigenvalue weighted by Crippen LogP contribution is -2.23. The smallest absolute Gasteiger partial charge is 0.261 e. The second-order valence-electron chi connectivity index (χ2n) is 6.43. The summed E-state index contributed by atoms with van der Waals surface area (Å²) in [4.78, 5) is 16.6. The Morgan fingerprint density at radius 1 is 1.07 bits per heavy atom. The molecule has 3 aromatic rings. The minimum Gasteiger partial charge on any atom is -0.444 e. The van der Waals surface area contributed by atoms with E-state index in [1.807, 2.05) is 19.9 Å². The Morgan fingerprint density at radius 3 is 2.50 bits per heavy atom. The average Bonchev–Trinajstić information content (AvgIpc) is 2.97. The van der Waals surface area contributed by atoms with E-state index in [2.05, 4.69) is 15.0 Å². The highest BCUT2D eigenvalue weighted by Gasteiger charge is 2.17. The van der Waals surface area contributed by atoms with Gasteiger partial charge >= 0.3 is 0 Å². The Bertz CT molecular complexity index is 1100. The first-order valence-electron chi connectivity index (χ1n) is 8.65. The van der Waals surface area contributed by atoms with Crippen LogP contribution < -0.4 is 10.0 Å². The molecule has 2 aromatic carbocycles. The normalized spacial score (nSPS) is 11.2. The van der Waals surface area contributed by atoms with Crippen molar-refractivity contribution in [3.63, 3.8) is 0 Å². The number of oxazole rings is 1. The van der Waals surface area contributed by atoms with Crippen molar-refractivity contribution in [2.75, 3.05) is 4.72 Å². The number of benzene rings is 2. The highest BCUT2D eigenvalue weighted by atomic mass is 32.2. The van der Waals surface area contributed by atoms with Gasteiger partial charge in [-0.1, -0.05) is 18.2 Å². The van der Waals surface area contributed by atoms with Gasteiger partial charge in [0.05, 0.1) is 17.1 Å². The van der Waals surface area contributed by atoms with E-state index in [-0.39, 0.29) is 17.0 Å². The van der Waals surface area contributed by atoms with E-state index in [0.29, 0.717) is 17.3 Å². The molecule has 3 rings (SSSR count). The molecule has 0 saturated heterocycles. The van der Waals surface area contributed by atoms with Crippen LogP contribution in [0.5, 0.6) is 0 Å². The number of nitrogens with one attached hydrogen (secondary N) is 2. The Labute approximate surface area is 163 Å². The lowest BCUT2D eigenvalue weighted by Gasteiger charge is -2.10. The van der Waals surface area contributed by atoms with Crippen molar-refractivity contribution in [2.45, 2.75) is 32.2 Å². The number of nitrogens with zero attached hydrogens (tertiary/aromatic N) is 1. The van der Waals surface area contributed by atoms with Crippen LogP contribution in [0.4, 0.5) is 5.69 Å². The number of amides is 1. The van der Waals surface area contributed by atoms with Gasteiger partial charge < -0.3 is 9.73 Å². The van der Waals surface area contributed by atoms with Crippen LogP contribution in [0.25, 0.3) is 0 Å². The molecule has 0 fully saturated rings. The van der Waals surface area contributed by atoms with E-state index in [1.54, 1.807) is 31.2 Å². The Hall–Kier alpha value is -3.13. The molecule has 8 heteroatoms. The molecule has 7 nitrogen and oxygen atoms in total. The number of sulfonamides is 1. The molecule has 0 atom stereocenters. The van der Waals surface area contributed by atoms with Gasteiger partial charge in [-0.05, 0) is 56.7 Å². The molecule has 0 bridgehead atoms. The third-order valence-corrected chi connectivity index (χ3v) is 5.53. The lowest BCUT2D eigenvalue weighted by atomic mass is 10.2. The van der Waals surface area contributed by atoms with E-state index >= 15 is 0 Å². The maximum absolute atomic E-state index is 12.6. The fourth-order valence-electron chi connectivity index (χ4n) is 2.60. The molecule has 2 N–H and O–H groups in total. The molecule has 0 aliphatic carbocycles. The zero-order chi connectivity index (χ0) is 20.3. The minimum absolute atomic E-state index is 0.00414. The summed E-state index contributed by atoms with van der Waals surface area (Å²) in [5.74, 6) is 0.675. The summed E-state index contributed by atoms with van der Waals surface area (Å²) in [6.45, 7) is 5.61. The fourth-order valence-corrected chi connectivity index (χ4v) is 3.69. The van der Waals surface area contributed by atoms with Crippen molar-refractivity contribution in [1.82, 2.24) is 10.3 Å². The summed E-state index contributed by atoms with van der Waals surface area (Å²) in [5.41, 5.74) is 2.39. The van der Waals surface area contributed by atoms with Crippen LogP contribution >= 0.6 is 0 Å². The molecular weight excluding hydrogens is 378 g/mol. The van der Waals surface area contributed by atoms with Gasteiger partial charge in [0, 0.05) is 11.3 Å². The average molecular weight is 399 g/mol. The summed E-state index contributed by atoms with van der Waals surface area (Å²) in [5, 5.41) is 2.68. The van der Waals surface area contributed by atoms with Gasteiger partial charge in [-0.3, -0.25) is 9.52 Å². The van der Waals surface area contributed by atoms with Crippen LogP contribution in [0, 0.1) is 20.8 Å². The summed E-state index contributed by atoms with van der Waals surface area (Å²) in [6.07, 6.45) is 0. The van der Waals surface area contributed by atoms with Gasteiger partial charge in [0.2, 0.25) is 5.89 Å². The first kappa shape index (κ1) is 19.6. The molecule has 0 radical (unpaired) electrons. The number of aromatic nitrogens is 1. The van der Waals surface area contributed by atoms with Gasteiger partial charge in [0.1, 0.15) is 5.76 Å². The van der Waals surface area contributed by atoms with Crippen molar-refractivity contribution >= 4 is 21.6 Å². The summed E-state index contributed by atoms with van der Waals surface area (Å²) >= 11 is 0. The topological polar surface area (TPSA) is 101 Å². The number of anilines is 1. The van der Waals surface area contributed by atoms with E-state index in [0.717, 1.165) is 11.3 Å². The van der Waals surface area contributed by atoms with Gasteiger partial charge in [-0.15, -0.1) is 0 Å². The molecular formula is C20H21N3O4S. The van der Waals surface area contributed by atoms with Gasteiger partial charge in [-0.25, -0.2) is 13.4 Å². The molecule has 146 valence electrons. The standard InChI is InChI=1S/C20H21N3O4S/c1-13-6-4-8-17(10-13)23-28(25,26)18-9-5-7-16(11-18)20(24)21-12-19-22-14(2)15(3)27-19/h4-11,23H,12H2,1-3H3,(H,21,24). The van der Waals surface area contributed by atoms with Crippen LogP contribution in [-0.2, 0) is 16.6 Å². The molecule has 1 aromatic heterocycles. The second kappa shape index (κ2) is 7.85. The molecule has 0 spiro atoms. The van der Waals surface area contributed by atoms with Crippen LogP contribution in [0.2, 0.25) is 0 Å². The Balaban J connectivity index is 1.74. The Kier molecular flexibility index (Phi) is 5.51. The van der Waals surface area contributed by atoms with Crippen LogP contribution in [0.1, 0.15) is 33.3 Å². The molecule has 0 unspecified atom stereocenters. The molecule has 1 amide bonds. The predicted molar refractivity (Wildman–Crippen MR) is 106 cm³/mol. The maximum atomic E-state index is 12.6. The number of carbonyl (C=O) groups excluding carboxylic acids is 1. The van der Waals surface area contributed by atoms with Crippen molar-refractivity contribution < 1.29 is 17.6 Å². The second-order valence-corrected chi connectivity index (χ2v) is 8.12. The van der Waals surface area contributed by atoms with Crippen LogP contribution in [0.3, 0.4) is 0 Å². The number of hydrogen-bond donors (Lipinski definition) is 2. The number of hydrogen-bond acceptors (Lipinski definition) is 5. The Morgan fingerprint density at radius 2 is 1.82 bits per heavy atom. The van der Waals surface area contributed by atoms with Crippen molar-refractivity contribution in [2.24, 2.45) is 0 Å². The van der Waals surface area contributed by atoms with Gasteiger partial charge in [-0.2, -0.15) is 0 Å². The third kappa shape index (κ3) is 4.58. The van der Waals surface area contributed by atoms with E-state index in [9.17, 15) is 13.2 Å². The molecule has 0 saturated carbocycles. The third-order valence-electron chi connectivity index (χ3n) is 4.15. The number of aryl methyl sites for hydroxylation is 3.